The van der Waals surface area contributed by atoms with Crippen LogP contribution < -0.4 is 0 Å². The maximum atomic E-state index is 6.15. The summed E-state index contributed by atoms with van der Waals surface area (Å²) in [7, 11) is 0. The first-order valence-electron chi connectivity index (χ1n) is 6.59. The molecule has 2 heteroatoms. The van der Waals surface area contributed by atoms with E-state index < -0.39 is 0 Å². The lowest BCUT2D eigenvalue weighted by Gasteiger charge is -2.07. The Hall–Kier alpha value is -2.25. The third-order valence-electron chi connectivity index (χ3n) is 3.65. The van der Waals surface area contributed by atoms with Crippen molar-refractivity contribution in [3.8, 4) is 5.69 Å². The molecule has 1 nitrogen and oxygen atoms in total. The van der Waals surface area contributed by atoms with Gasteiger partial charge in [-0.25, -0.2) is 0 Å². The number of nitrogens with zero attached hydrogens (tertiary/aromatic N) is 1. The number of aromatic nitrogens is 1. The fourth-order valence-electron chi connectivity index (χ4n) is 2.82. The number of benzene rings is 3. The second-order valence-corrected chi connectivity index (χ2v) is 5.29. The van der Waals surface area contributed by atoms with E-state index in [1.165, 1.54) is 21.8 Å². The molecule has 0 fully saturated rings. The molecule has 0 atom stereocenters. The van der Waals surface area contributed by atoms with Crippen LogP contribution in [0.25, 0.3) is 27.5 Å². The first-order valence-corrected chi connectivity index (χ1v) is 6.96. The van der Waals surface area contributed by atoms with E-state index in [1.807, 2.05) is 18.2 Å². The Balaban J connectivity index is 2.21. The van der Waals surface area contributed by atoms with E-state index in [1.54, 1.807) is 0 Å². The lowest BCUT2D eigenvalue weighted by molar-refractivity contribution is 1.18. The van der Waals surface area contributed by atoms with Gasteiger partial charge in [-0.05, 0) is 30.3 Å². The molecule has 1 aromatic heterocycles. The minimum atomic E-state index is 0.754. The monoisotopic (exact) mass is 277 g/mol. The average molecular weight is 278 g/mol. The topological polar surface area (TPSA) is 4.93 Å². The van der Waals surface area contributed by atoms with Crippen molar-refractivity contribution in [3.05, 3.63) is 77.8 Å². The number of fused-ring (bicyclic) bond motifs is 3. The summed E-state index contributed by atoms with van der Waals surface area (Å²) < 4.78 is 2.26. The van der Waals surface area contributed by atoms with Gasteiger partial charge in [0, 0.05) is 21.5 Å². The Morgan fingerprint density at radius 3 is 1.85 bits per heavy atom. The molecule has 0 aliphatic carbocycles. The van der Waals surface area contributed by atoms with E-state index in [0.29, 0.717) is 0 Å². The molecule has 3 aromatic carbocycles. The van der Waals surface area contributed by atoms with Gasteiger partial charge >= 0.3 is 0 Å². The zero-order valence-electron chi connectivity index (χ0n) is 10.8. The predicted octanol–water partition coefficient (Wildman–Crippen LogP) is 5.44. The molecule has 0 amide bonds. The van der Waals surface area contributed by atoms with Crippen LogP contribution in [0.1, 0.15) is 0 Å². The van der Waals surface area contributed by atoms with Crippen molar-refractivity contribution in [2.75, 3.05) is 0 Å². The summed E-state index contributed by atoms with van der Waals surface area (Å²) in [6.07, 6.45) is 0. The van der Waals surface area contributed by atoms with Crippen molar-refractivity contribution in [1.29, 1.82) is 0 Å². The molecule has 0 aliphatic heterocycles. The van der Waals surface area contributed by atoms with Gasteiger partial charge in [-0.2, -0.15) is 0 Å². The molecule has 4 rings (SSSR count). The Labute approximate surface area is 122 Å². The molecule has 1 heterocycles. The molecule has 4 aromatic rings. The quantitative estimate of drug-likeness (QED) is 0.437. The fourth-order valence-corrected chi connectivity index (χ4v) is 3.00. The Morgan fingerprint density at radius 2 is 1.25 bits per heavy atom. The van der Waals surface area contributed by atoms with Crippen LogP contribution in [0.2, 0.25) is 5.02 Å². The zero-order valence-corrected chi connectivity index (χ0v) is 11.5. The minimum Gasteiger partial charge on any atom is -0.309 e. The maximum Gasteiger partial charge on any atom is 0.0541 e. The van der Waals surface area contributed by atoms with Gasteiger partial charge in [0.2, 0.25) is 0 Å². The van der Waals surface area contributed by atoms with Gasteiger partial charge in [-0.3, -0.25) is 0 Å². The van der Waals surface area contributed by atoms with Gasteiger partial charge in [0.1, 0.15) is 0 Å². The molecule has 0 radical (unpaired) electrons. The second-order valence-electron chi connectivity index (χ2n) is 4.85. The smallest absolute Gasteiger partial charge is 0.0541 e. The molecular weight excluding hydrogens is 266 g/mol. The highest BCUT2D eigenvalue weighted by Gasteiger charge is 2.10. The van der Waals surface area contributed by atoms with Crippen LogP contribution in [0.5, 0.6) is 0 Å². The molecule has 0 N–H and O–H groups in total. The van der Waals surface area contributed by atoms with E-state index in [9.17, 15) is 0 Å². The Kier molecular flexibility index (Phi) is 2.54. The van der Waals surface area contributed by atoms with Gasteiger partial charge in [-0.1, -0.05) is 54.1 Å². The van der Waals surface area contributed by atoms with Crippen LogP contribution in [0.3, 0.4) is 0 Å². The zero-order chi connectivity index (χ0) is 13.5. The summed E-state index contributed by atoms with van der Waals surface area (Å²) in [5, 5.41) is 3.29. The van der Waals surface area contributed by atoms with Crippen molar-refractivity contribution < 1.29 is 0 Å². The van der Waals surface area contributed by atoms with Crippen LogP contribution in [0, 0.1) is 0 Å². The van der Waals surface area contributed by atoms with Crippen LogP contribution in [-0.4, -0.2) is 4.57 Å². The van der Waals surface area contributed by atoms with E-state index in [-0.39, 0.29) is 0 Å². The minimum absolute atomic E-state index is 0.754. The van der Waals surface area contributed by atoms with E-state index >= 15 is 0 Å². The molecule has 0 aliphatic rings. The Bertz CT molecular complexity index is 868. The largest absolute Gasteiger partial charge is 0.309 e. The van der Waals surface area contributed by atoms with E-state index in [4.69, 9.17) is 11.6 Å². The lowest BCUT2D eigenvalue weighted by atomic mass is 10.2. The summed E-state index contributed by atoms with van der Waals surface area (Å²) in [4.78, 5) is 0. The number of rotatable bonds is 1. The molecular formula is C18H12ClN. The standard InChI is InChI=1S/C18H12ClN/c19-13-6-5-7-14(12-13)20-17-10-3-1-8-15(17)16-9-2-4-11-18(16)20/h1-12H. The first-order chi connectivity index (χ1) is 9.84. The van der Waals surface area contributed by atoms with Gasteiger partial charge in [0.05, 0.1) is 11.0 Å². The Morgan fingerprint density at radius 1 is 0.650 bits per heavy atom. The highest BCUT2D eigenvalue weighted by atomic mass is 35.5. The summed E-state index contributed by atoms with van der Waals surface area (Å²) in [6, 6.07) is 24.9. The highest BCUT2D eigenvalue weighted by Crippen LogP contribution is 2.32. The van der Waals surface area contributed by atoms with Crippen molar-refractivity contribution in [2.45, 2.75) is 0 Å². The van der Waals surface area contributed by atoms with E-state index in [2.05, 4.69) is 59.2 Å². The normalized spacial score (nSPS) is 11.2. The molecule has 0 saturated heterocycles. The summed E-state index contributed by atoms with van der Waals surface area (Å²) in [5.74, 6) is 0. The molecule has 20 heavy (non-hydrogen) atoms. The number of para-hydroxylation sites is 2. The first kappa shape index (κ1) is 11.6. The molecule has 0 unspecified atom stereocenters. The summed E-state index contributed by atoms with van der Waals surface area (Å²) in [6.45, 7) is 0. The van der Waals surface area contributed by atoms with Gasteiger partial charge < -0.3 is 4.57 Å². The SMILES string of the molecule is Clc1cccc(-n2c3ccccc3c3ccccc32)c1. The van der Waals surface area contributed by atoms with Crippen molar-refractivity contribution in [2.24, 2.45) is 0 Å². The number of hydrogen-bond acceptors (Lipinski definition) is 0. The third kappa shape index (κ3) is 1.64. The molecule has 96 valence electrons. The van der Waals surface area contributed by atoms with Crippen molar-refractivity contribution in [1.82, 2.24) is 4.57 Å². The van der Waals surface area contributed by atoms with Gasteiger partial charge in [0.15, 0.2) is 0 Å². The molecule has 0 spiro atoms. The van der Waals surface area contributed by atoms with E-state index in [0.717, 1.165) is 10.7 Å². The fraction of sp³-hybridized carbons (Fsp3) is 0. The second kappa shape index (κ2) is 4.39. The van der Waals surface area contributed by atoms with Crippen molar-refractivity contribution >= 4 is 33.4 Å². The van der Waals surface area contributed by atoms with Crippen LogP contribution in [-0.2, 0) is 0 Å². The third-order valence-corrected chi connectivity index (χ3v) is 3.88. The van der Waals surface area contributed by atoms with Crippen LogP contribution in [0.15, 0.2) is 72.8 Å². The average Bonchev–Trinajstić information content (AvgIpc) is 2.82. The van der Waals surface area contributed by atoms with Crippen molar-refractivity contribution in [3.63, 3.8) is 0 Å². The molecule has 0 saturated carbocycles. The number of hydrogen-bond donors (Lipinski definition) is 0. The van der Waals surface area contributed by atoms with Gasteiger partial charge in [-0.15, -0.1) is 0 Å². The highest BCUT2D eigenvalue weighted by molar-refractivity contribution is 6.30. The van der Waals surface area contributed by atoms with Crippen LogP contribution in [0.4, 0.5) is 0 Å². The van der Waals surface area contributed by atoms with Gasteiger partial charge in [0.25, 0.3) is 0 Å². The number of halogens is 1. The van der Waals surface area contributed by atoms with Crippen LogP contribution >= 0.6 is 11.6 Å². The lowest BCUT2D eigenvalue weighted by Crippen LogP contribution is -1.92. The molecule has 0 bridgehead atoms. The summed E-state index contributed by atoms with van der Waals surface area (Å²) >= 11 is 6.15. The predicted molar refractivity (Wildman–Crippen MR) is 85.8 cm³/mol. The maximum absolute atomic E-state index is 6.15. The summed E-state index contributed by atoms with van der Waals surface area (Å²) in [5.41, 5.74) is 3.50.